The van der Waals surface area contributed by atoms with Gasteiger partial charge in [-0.3, -0.25) is 9.59 Å². The van der Waals surface area contributed by atoms with E-state index < -0.39 is 36.9 Å². The van der Waals surface area contributed by atoms with Gasteiger partial charge in [-0.25, -0.2) is 13.4 Å². The number of anilines is 1. The predicted octanol–water partition coefficient (Wildman–Crippen LogP) is 3.66. The van der Waals surface area contributed by atoms with E-state index in [1.54, 1.807) is 18.2 Å². The van der Waals surface area contributed by atoms with Gasteiger partial charge in [-0.1, -0.05) is 30.0 Å². The topological polar surface area (TPSA) is 109 Å². The van der Waals surface area contributed by atoms with Gasteiger partial charge in [-0.2, -0.15) is 13.2 Å². The summed E-state index contributed by atoms with van der Waals surface area (Å²) in [7, 11) is -4.54. The lowest BCUT2D eigenvalue weighted by atomic mass is 10.2. The Balaban J connectivity index is 1.75. The van der Waals surface area contributed by atoms with Crippen LogP contribution in [0.2, 0.25) is 0 Å². The molecule has 1 amide bonds. The number of amides is 1. The summed E-state index contributed by atoms with van der Waals surface area (Å²) in [6, 6.07) is 10.2. The molecular formula is C20H16F3N3O4S2. The van der Waals surface area contributed by atoms with Crippen LogP contribution in [0.15, 0.2) is 74.5 Å². The molecule has 0 atom stereocenters. The minimum Gasteiger partial charge on any atom is -0.325 e. The summed E-state index contributed by atoms with van der Waals surface area (Å²) in [6.07, 6.45) is -3.98. The quantitative estimate of drug-likeness (QED) is 0.409. The number of hydrogen-bond donors (Lipinski definition) is 2. The van der Waals surface area contributed by atoms with Gasteiger partial charge in [0.2, 0.25) is 15.7 Å². The molecule has 0 saturated carbocycles. The van der Waals surface area contributed by atoms with Crippen molar-refractivity contribution in [3.05, 3.63) is 76.2 Å². The van der Waals surface area contributed by atoms with E-state index >= 15 is 0 Å². The standard InChI is InChI=1S/C20H16F3N3O4S2/c1-12-4-2-6-14(8-12)25-17(27)11-31-19-24-10-16(18(28)26-19)32(29,30)15-7-3-5-13(9-15)20(21,22)23/h2-10H,11H2,1H3,(H,25,27)(H,24,26,28). The molecule has 168 valence electrons. The molecule has 32 heavy (non-hydrogen) atoms. The van der Waals surface area contributed by atoms with Crippen molar-refractivity contribution < 1.29 is 26.4 Å². The number of aromatic amines is 1. The van der Waals surface area contributed by atoms with Crippen LogP contribution in [0.25, 0.3) is 0 Å². The number of carbonyl (C=O) groups excluding carboxylic acids is 1. The zero-order valence-corrected chi connectivity index (χ0v) is 18.1. The highest BCUT2D eigenvalue weighted by molar-refractivity contribution is 7.99. The third-order valence-corrected chi connectivity index (χ3v) is 6.78. The first-order chi connectivity index (χ1) is 15.0. The first kappa shape index (κ1) is 23.5. The van der Waals surface area contributed by atoms with Gasteiger partial charge in [0.05, 0.1) is 22.4 Å². The molecule has 7 nitrogen and oxygen atoms in total. The monoisotopic (exact) mass is 483 g/mol. The summed E-state index contributed by atoms with van der Waals surface area (Å²) in [5.41, 5.74) is -0.660. The molecule has 12 heteroatoms. The number of nitrogens with zero attached hydrogens (tertiary/aromatic N) is 1. The number of aromatic nitrogens is 2. The number of benzene rings is 2. The van der Waals surface area contributed by atoms with Crippen LogP contribution in [0.4, 0.5) is 18.9 Å². The average Bonchev–Trinajstić information content (AvgIpc) is 2.71. The second-order valence-electron chi connectivity index (χ2n) is 6.62. The molecule has 2 N–H and O–H groups in total. The highest BCUT2D eigenvalue weighted by atomic mass is 32.2. The maximum Gasteiger partial charge on any atom is 0.416 e. The van der Waals surface area contributed by atoms with E-state index in [4.69, 9.17) is 0 Å². The van der Waals surface area contributed by atoms with Crippen LogP contribution in [0.1, 0.15) is 11.1 Å². The maximum atomic E-state index is 12.9. The third kappa shape index (κ3) is 5.56. The molecule has 0 saturated heterocycles. The largest absolute Gasteiger partial charge is 0.416 e. The lowest BCUT2D eigenvalue weighted by Gasteiger charge is -2.09. The molecule has 0 fully saturated rings. The molecule has 0 unspecified atom stereocenters. The van der Waals surface area contributed by atoms with Gasteiger partial charge >= 0.3 is 6.18 Å². The van der Waals surface area contributed by atoms with Crippen LogP contribution in [0, 0.1) is 6.92 Å². The Morgan fingerprint density at radius 2 is 1.88 bits per heavy atom. The van der Waals surface area contributed by atoms with Crippen molar-refractivity contribution in [3.63, 3.8) is 0 Å². The van der Waals surface area contributed by atoms with E-state index in [9.17, 15) is 31.2 Å². The zero-order valence-electron chi connectivity index (χ0n) is 16.4. The van der Waals surface area contributed by atoms with Gasteiger partial charge in [0.1, 0.15) is 0 Å². The van der Waals surface area contributed by atoms with Crippen molar-refractivity contribution in [2.24, 2.45) is 0 Å². The van der Waals surface area contributed by atoms with Crippen LogP contribution < -0.4 is 10.9 Å². The average molecular weight is 483 g/mol. The van der Waals surface area contributed by atoms with Gasteiger partial charge in [0, 0.05) is 5.69 Å². The van der Waals surface area contributed by atoms with E-state index in [0.29, 0.717) is 11.8 Å². The molecule has 3 aromatic rings. The fourth-order valence-electron chi connectivity index (χ4n) is 2.65. The van der Waals surface area contributed by atoms with Crippen molar-refractivity contribution in [2.45, 2.75) is 28.0 Å². The smallest absolute Gasteiger partial charge is 0.325 e. The van der Waals surface area contributed by atoms with Gasteiger partial charge in [-0.05, 0) is 42.8 Å². The maximum absolute atomic E-state index is 12.9. The summed E-state index contributed by atoms with van der Waals surface area (Å²) in [5.74, 6) is -0.486. The molecule has 0 aliphatic heterocycles. The van der Waals surface area contributed by atoms with Crippen LogP contribution >= 0.6 is 11.8 Å². The lowest BCUT2D eigenvalue weighted by molar-refractivity contribution is -0.137. The van der Waals surface area contributed by atoms with Crippen LogP contribution in [-0.4, -0.2) is 30.0 Å². The first-order valence-corrected chi connectivity index (χ1v) is 11.4. The Hall–Kier alpha value is -3.12. The summed E-state index contributed by atoms with van der Waals surface area (Å²) in [4.78, 5) is 28.9. The van der Waals surface area contributed by atoms with Crippen molar-refractivity contribution in [2.75, 3.05) is 11.1 Å². The number of nitrogens with one attached hydrogen (secondary N) is 2. The Morgan fingerprint density at radius 1 is 1.16 bits per heavy atom. The molecule has 1 heterocycles. The Morgan fingerprint density at radius 3 is 2.53 bits per heavy atom. The fraction of sp³-hybridized carbons (Fsp3) is 0.150. The molecular weight excluding hydrogens is 467 g/mol. The fourth-order valence-corrected chi connectivity index (χ4v) is 4.56. The normalized spacial score (nSPS) is 11.9. The number of sulfone groups is 1. The molecule has 2 aromatic carbocycles. The zero-order chi connectivity index (χ0) is 23.5. The van der Waals surface area contributed by atoms with Crippen LogP contribution in [0.3, 0.4) is 0 Å². The van der Waals surface area contributed by atoms with Crippen molar-refractivity contribution >= 4 is 33.2 Å². The minimum atomic E-state index is -4.74. The molecule has 1 aromatic heterocycles. The number of hydrogen-bond acceptors (Lipinski definition) is 6. The molecule has 0 spiro atoms. The van der Waals surface area contributed by atoms with E-state index in [1.807, 2.05) is 13.0 Å². The highest BCUT2D eigenvalue weighted by Gasteiger charge is 2.32. The van der Waals surface area contributed by atoms with E-state index in [0.717, 1.165) is 41.7 Å². The van der Waals surface area contributed by atoms with Gasteiger partial charge in [0.25, 0.3) is 5.56 Å². The summed E-state index contributed by atoms with van der Waals surface area (Å²) in [5, 5.41) is 2.66. The van der Waals surface area contributed by atoms with Crippen molar-refractivity contribution in [1.82, 2.24) is 9.97 Å². The van der Waals surface area contributed by atoms with E-state index in [1.165, 1.54) is 0 Å². The first-order valence-electron chi connectivity index (χ1n) is 8.98. The summed E-state index contributed by atoms with van der Waals surface area (Å²) in [6.45, 7) is 1.87. The second-order valence-corrected chi connectivity index (χ2v) is 9.50. The highest BCUT2D eigenvalue weighted by Crippen LogP contribution is 2.31. The number of halogens is 3. The second kappa shape index (κ2) is 9.17. The van der Waals surface area contributed by atoms with E-state index in [2.05, 4.69) is 15.3 Å². The number of aryl methyl sites for hydroxylation is 1. The third-order valence-electron chi connectivity index (χ3n) is 4.15. The Bertz CT molecular complexity index is 1320. The van der Waals surface area contributed by atoms with Crippen molar-refractivity contribution in [3.8, 4) is 0 Å². The Labute approximate surface area is 185 Å². The Kier molecular flexibility index (Phi) is 6.74. The van der Waals surface area contributed by atoms with Crippen molar-refractivity contribution in [1.29, 1.82) is 0 Å². The number of rotatable bonds is 6. The van der Waals surface area contributed by atoms with Gasteiger partial charge < -0.3 is 10.3 Å². The number of alkyl halides is 3. The lowest BCUT2D eigenvalue weighted by Crippen LogP contribution is -2.20. The van der Waals surface area contributed by atoms with Crippen LogP contribution in [-0.2, 0) is 20.8 Å². The van der Waals surface area contributed by atoms with Crippen LogP contribution in [0.5, 0.6) is 0 Å². The SMILES string of the molecule is Cc1cccc(NC(=O)CSc2ncc(S(=O)(=O)c3cccc(C(F)(F)F)c3)c(=O)[nH]2)c1. The molecule has 0 aliphatic carbocycles. The molecule has 0 bridgehead atoms. The minimum absolute atomic E-state index is 0.0163. The predicted molar refractivity (Wildman–Crippen MR) is 112 cm³/mol. The summed E-state index contributed by atoms with van der Waals surface area (Å²) < 4.78 is 63.9. The molecule has 0 radical (unpaired) electrons. The number of H-pyrrole nitrogens is 1. The van der Waals surface area contributed by atoms with Gasteiger partial charge in [0.15, 0.2) is 10.1 Å². The van der Waals surface area contributed by atoms with Gasteiger partial charge in [-0.15, -0.1) is 0 Å². The number of carbonyl (C=O) groups is 1. The number of thioether (sulfide) groups is 1. The van der Waals surface area contributed by atoms with E-state index in [-0.39, 0.29) is 16.8 Å². The molecule has 0 aliphatic rings. The molecule has 3 rings (SSSR count). The summed E-state index contributed by atoms with van der Waals surface area (Å²) >= 11 is 0.865.